The number of aldehydes is 1. The normalized spacial score (nSPS) is 13.4. The molecular formula is C10H15NO2. The lowest BCUT2D eigenvalue weighted by Crippen LogP contribution is -2.23. The molecule has 0 saturated carbocycles. The maximum absolute atomic E-state index is 11.0. The fourth-order valence-corrected chi connectivity index (χ4v) is 0.759. The summed E-state index contributed by atoms with van der Waals surface area (Å²) in [6.45, 7) is 1.81. The van der Waals surface area contributed by atoms with Gasteiger partial charge in [-0.1, -0.05) is 31.2 Å². The molecule has 0 aromatic heterocycles. The molecule has 0 rings (SSSR count). The molecule has 0 aliphatic carbocycles. The molecule has 0 saturated heterocycles. The van der Waals surface area contributed by atoms with Gasteiger partial charge in [-0.2, -0.15) is 0 Å². The lowest BCUT2D eigenvalue weighted by atomic mass is 10.1. The topological polar surface area (TPSA) is 46.2 Å². The highest BCUT2D eigenvalue weighted by Gasteiger charge is 2.04. The van der Waals surface area contributed by atoms with Crippen LogP contribution in [-0.2, 0) is 9.59 Å². The highest BCUT2D eigenvalue weighted by Crippen LogP contribution is 1.96. The first kappa shape index (κ1) is 11.6. The Hall–Kier alpha value is -1.38. The molecule has 72 valence electrons. The van der Waals surface area contributed by atoms with Crippen molar-refractivity contribution in [2.24, 2.45) is 5.92 Å². The number of nitrogens with one attached hydrogen (secondary N) is 1. The summed E-state index contributed by atoms with van der Waals surface area (Å²) < 4.78 is 0. The monoisotopic (exact) mass is 181 g/mol. The van der Waals surface area contributed by atoms with Gasteiger partial charge in [-0.15, -0.1) is 0 Å². The largest absolute Gasteiger partial charge is 0.359 e. The summed E-state index contributed by atoms with van der Waals surface area (Å²) in [5, 5.41) is 2.55. The highest BCUT2D eigenvalue weighted by molar-refractivity contribution is 5.79. The summed E-state index contributed by atoms with van der Waals surface area (Å²) in [7, 11) is 1.61. The van der Waals surface area contributed by atoms with Crippen molar-refractivity contribution in [3.05, 3.63) is 24.3 Å². The standard InChI is InChI=1S/C10H15NO2/c1-9(10(13)11-2)7-5-3-4-6-8-12/h3-5,7-9H,6H2,1-2H3,(H,11,13)/b4-3-,7-5-. The van der Waals surface area contributed by atoms with Crippen LogP contribution in [0.3, 0.4) is 0 Å². The van der Waals surface area contributed by atoms with Crippen molar-refractivity contribution in [1.82, 2.24) is 5.32 Å². The van der Waals surface area contributed by atoms with E-state index in [0.29, 0.717) is 6.42 Å². The van der Waals surface area contributed by atoms with Gasteiger partial charge in [-0.25, -0.2) is 0 Å². The maximum Gasteiger partial charge on any atom is 0.226 e. The van der Waals surface area contributed by atoms with E-state index in [1.165, 1.54) is 0 Å². The minimum atomic E-state index is -0.133. The van der Waals surface area contributed by atoms with E-state index in [0.717, 1.165) is 6.29 Å². The summed E-state index contributed by atoms with van der Waals surface area (Å²) in [6, 6.07) is 0. The fourth-order valence-electron chi connectivity index (χ4n) is 0.759. The molecule has 0 bridgehead atoms. The number of hydrogen-bond donors (Lipinski definition) is 1. The second-order valence-corrected chi connectivity index (χ2v) is 2.62. The molecule has 0 radical (unpaired) electrons. The van der Waals surface area contributed by atoms with E-state index in [-0.39, 0.29) is 11.8 Å². The summed E-state index contributed by atoms with van der Waals surface area (Å²) in [6.07, 6.45) is 8.28. The Balaban J connectivity index is 3.83. The molecule has 0 fully saturated rings. The van der Waals surface area contributed by atoms with Crippen molar-refractivity contribution >= 4 is 12.2 Å². The molecule has 1 N–H and O–H groups in total. The van der Waals surface area contributed by atoms with Crippen LogP contribution in [0.5, 0.6) is 0 Å². The van der Waals surface area contributed by atoms with Gasteiger partial charge in [0.2, 0.25) is 5.91 Å². The lowest BCUT2D eigenvalue weighted by molar-refractivity contribution is -0.122. The third kappa shape index (κ3) is 5.84. The number of amides is 1. The van der Waals surface area contributed by atoms with Gasteiger partial charge in [0.25, 0.3) is 0 Å². The van der Waals surface area contributed by atoms with Gasteiger partial charge in [-0.05, 0) is 0 Å². The molecule has 3 heteroatoms. The van der Waals surface area contributed by atoms with Crippen LogP contribution >= 0.6 is 0 Å². The summed E-state index contributed by atoms with van der Waals surface area (Å²) in [4.78, 5) is 20.9. The Labute approximate surface area is 78.5 Å². The molecule has 0 aliphatic heterocycles. The van der Waals surface area contributed by atoms with Crippen molar-refractivity contribution in [2.45, 2.75) is 13.3 Å². The molecule has 1 atom stereocenters. The van der Waals surface area contributed by atoms with E-state index in [9.17, 15) is 9.59 Å². The van der Waals surface area contributed by atoms with Crippen molar-refractivity contribution < 1.29 is 9.59 Å². The van der Waals surface area contributed by atoms with Gasteiger partial charge >= 0.3 is 0 Å². The zero-order chi connectivity index (χ0) is 10.1. The van der Waals surface area contributed by atoms with E-state index in [2.05, 4.69) is 5.32 Å². The molecule has 13 heavy (non-hydrogen) atoms. The number of allylic oxidation sites excluding steroid dienone is 3. The van der Waals surface area contributed by atoms with Gasteiger partial charge in [-0.3, -0.25) is 4.79 Å². The minimum absolute atomic E-state index is 0.0139. The molecule has 0 spiro atoms. The Morgan fingerprint density at radius 2 is 2.15 bits per heavy atom. The average Bonchev–Trinajstić information content (AvgIpc) is 2.16. The van der Waals surface area contributed by atoms with Crippen LogP contribution in [0.1, 0.15) is 13.3 Å². The molecule has 0 aromatic carbocycles. The van der Waals surface area contributed by atoms with Crippen LogP contribution in [0, 0.1) is 5.92 Å². The van der Waals surface area contributed by atoms with E-state index >= 15 is 0 Å². The molecule has 0 heterocycles. The molecular weight excluding hydrogens is 166 g/mol. The third-order valence-electron chi connectivity index (χ3n) is 1.54. The van der Waals surface area contributed by atoms with Crippen molar-refractivity contribution in [3.63, 3.8) is 0 Å². The Bertz CT molecular complexity index is 219. The highest BCUT2D eigenvalue weighted by atomic mass is 16.1. The predicted molar refractivity (Wildman–Crippen MR) is 52.2 cm³/mol. The minimum Gasteiger partial charge on any atom is -0.359 e. The SMILES string of the molecule is CNC(=O)C(C)/C=C\C=C/CC=O. The van der Waals surface area contributed by atoms with Gasteiger partial charge in [0.15, 0.2) is 0 Å². The van der Waals surface area contributed by atoms with Crippen molar-refractivity contribution in [1.29, 1.82) is 0 Å². The van der Waals surface area contributed by atoms with Crippen LogP contribution in [0.4, 0.5) is 0 Å². The molecule has 0 aliphatic rings. The van der Waals surface area contributed by atoms with Crippen LogP contribution < -0.4 is 5.32 Å². The van der Waals surface area contributed by atoms with Crippen LogP contribution in [-0.4, -0.2) is 19.2 Å². The summed E-state index contributed by atoms with van der Waals surface area (Å²) >= 11 is 0. The van der Waals surface area contributed by atoms with Crippen LogP contribution in [0.2, 0.25) is 0 Å². The summed E-state index contributed by atoms with van der Waals surface area (Å²) in [5.41, 5.74) is 0. The van der Waals surface area contributed by atoms with Gasteiger partial charge in [0.1, 0.15) is 6.29 Å². The van der Waals surface area contributed by atoms with Gasteiger partial charge in [0, 0.05) is 13.5 Å². The van der Waals surface area contributed by atoms with Crippen molar-refractivity contribution in [2.75, 3.05) is 7.05 Å². The van der Waals surface area contributed by atoms with Crippen molar-refractivity contribution in [3.8, 4) is 0 Å². The number of hydrogen-bond acceptors (Lipinski definition) is 2. The Morgan fingerprint density at radius 3 is 2.69 bits per heavy atom. The zero-order valence-electron chi connectivity index (χ0n) is 7.99. The van der Waals surface area contributed by atoms with Crippen LogP contribution in [0.15, 0.2) is 24.3 Å². The molecule has 3 nitrogen and oxygen atoms in total. The number of carbonyl (C=O) groups is 2. The van der Waals surface area contributed by atoms with Crippen LogP contribution in [0.25, 0.3) is 0 Å². The fraction of sp³-hybridized carbons (Fsp3) is 0.400. The summed E-state index contributed by atoms with van der Waals surface area (Å²) in [5.74, 6) is -0.147. The first-order valence-corrected chi connectivity index (χ1v) is 4.21. The zero-order valence-corrected chi connectivity index (χ0v) is 7.99. The average molecular weight is 181 g/mol. The molecule has 1 unspecified atom stereocenters. The van der Waals surface area contributed by atoms with Gasteiger partial charge < -0.3 is 10.1 Å². The predicted octanol–water partition coefficient (Wildman–Crippen LogP) is 1.07. The van der Waals surface area contributed by atoms with E-state index in [4.69, 9.17) is 0 Å². The smallest absolute Gasteiger partial charge is 0.226 e. The maximum atomic E-state index is 11.0. The Morgan fingerprint density at radius 1 is 1.46 bits per heavy atom. The first-order chi connectivity index (χ1) is 6.22. The first-order valence-electron chi connectivity index (χ1n) is 4.21. The number of rotatable bonds is 5. The number of carbonyl (C=O) groups excluding carboxylic acids is 2. The van der Waals surface area contributed by atoms with Gasteiger partial charge in [0.05, 0.1) is 5.92 Å². The van der Waals surface area contributed by atoms with E-state index in [1.807, 2.05) is 6.92 Å². The third-order valence-corrected chi connectivity index (χ3v) is 1.54. The molecule has 1 amide bonds. The van der Waals surface area contributed by atoms with E-state index < -0.39 is 0 Å². The second-order valence-electron chi connectivity index (χ2n) is 2.62. The quantitative estimate of drug-likeness (QED) is 0.509. The second kappa shape index (κ2) is 7.28. The van der Waals surface area contributed by atoms with E-state index in [1.54, 1.807) is 31.4 Å². The lowest BCUT2D eigenvalue weighted by Gasteiger charge is -2.01. The Kier molecular flexibility index (Phi) is 6.51. The molecule has 0 aromatic rings.